The van der Waals surface area contributed by atoms with Gasteiger partial charge in [-0.25, -0.2) is 0 Å². The minimum absolute atomic E-state index is 0.169. The molecule has 0 N–H and O–H groups in total. The van der Waals surface area contributed by atoms with E-state index < -0.39 is 0 Å². The van der Waals surface area contributed by atoms with E-state index in [1.165, 1.54) is 7.11 Å². The van der Waals surface area contributed by atoms with E-state index in [-0.39, 0.29) is 18.4 Å². The van der Waals surface area contributed by atoms with E-state index in [0.717, 1.165) is 49.2 Å². The van der Waals surface area contributed by atoms with Crippen molar-refractivity contribution >= 4 is 5.97 Å². The first-order valence-electron chi connectivity index (χ1n) is 9.96. The number of ether oxygens (including phenoxy) is 3. The highest BCUT2D eigenvalue weighted by Gasteiger charge is 2.32. The number of esters is 1. The molecule has 1 atom stereocenters. The van der Waals surface area contributed by atoms with Crippen LogP contribution in [0.15, 0.2) is 16.7 Å². The van der Waals surface area contributed by atoms with Crippen molar-refractivity contribution in [3.8, 4) is 11.5 Å². The van der Waals surface area contributed by atoms with E-state index >= 15 is 0 Å². The van der Waals surface area contributed by atoms with Crippen molar-refractivity contribution in [2.24, 2.45) is 0 Å². The molecule has 3 rings (SSSR count). The van der Waals surface area contributed by atoms with Crippen LogP contribution in [0.5, 0.6) is 11.5 Å². The molecule has 1 aromatic carbocycles. The van der Waals surface area contributed by atoms with E-state index in [1.807, 2.05) is 12.1 Å². The molecule has 29 heavy (non-hydrogen) atoms. The lowest BCUT2D eigenvalue weighted by atomic mass is 9.90. The zero-order valence-electron chi connectivity index (χ0n) is 17.6. The van der Waals surface area contributed by atoms with Crippen LogP contribution in [0.3, 0.4) is 0 Å². The SMILES string of the molecule is CCCCc1noc(CN2CCc3cc(OC)c(OC)cc3[C@H]2CC(=O)OC)n1. The van der Waals surface area contributed by atoms with E-state index in [1.54, 1.807) is 14.2 Å². The van der Waals surface area contributed by atoms with Gasteiger partial charge in [-0.3, -0.25) is 9.69 Å². The first-order valence-corrected chi connectivity index (χ1v) is 9.96. The van der Waals surface area contributed by atoms with E-state index in [4.69, 9.17) is 18.7 Å². The number of aromatic nitrogens is 2. The molecule has 2 heterocycles. The van der Waals surface area contributed by atoms with E-state index in [9.17, 15) is 4.79 Å². The summed E-state index contributed by atoms with van der Waals surface area (Å²) in [7, 11) is 4.64. The Hall–Kier alpha value is -2.61. The summed E-state index contributed by atoms with van der Waals surface area (Å²) in [6, 6.07) is 3.77. The van der Waals surface area contributed by atoms with Crippen LogP contribution in [0.25, 0.3) is 0 Å². The van der Waals surface area contributed by atoms with Gasteiger partial charge in [0, 0.05) is 19.0 Å². The van der Waals surface area contributed by atoms with Gasteiger partial charge in [0.1, 0.15) is 0 Å². The molecule has 0 saturated heterocycles. The van der Waals surface area contributed by atoms with Gasteiger partial charge in [-0.1, -0.05) is 18.5 Å². The number of nitrogens with zero attached hydrogens (tertiary/aromatic N) is 3. The van der Waals surface area contributed by atoms with Gasteiger partial charge in [-0.15, -0.1) is 0 Å². The monoisotopic (exact) mass is 403 g/mol. The molecule has 158 valence electrons. The van der Waals surface area contributed by atoms with Crippen molar-refractivity contribution in [3.63, 3.8) is 0 Å². The molecule has 0 bridgehead atoms. The van der Waals surface area contributed by atoms with Gasteiger partial charge in [-0.05, 0) is 36.1 Å². The Kier molecular flexibility index (Phi) is 7.09. The zero-order chi connectivity index (χ0) is 20.8. The molecule has 2 aromatic rings. The Morgan fingerprint density at radius 1 is 1.24 bits per heavy atom. The number of benzene rings is 1. The molecule has 1 aromatic heterocycles. The second-order valence-corrected chi connectivity index (χ2v) is 7.13. The number of carbonyl (C=O) groups is 1. The number of methoxy groups -OCH3 is 3. The molecular formula is C21H29N3O5. The number of carbonyl (C=O) groups excluding carboxylic acids is 1. The van der Waals surface area contributed by atoms with E-state index in [2.05, 4.69) is 22.0 Å². The van der Waals surface area contributed by atoms with Crippen LogP contribution in [-0.2, 0) is 28.9 Å². The predicted molar refractivity (Wildman–Crippen MR) is 106 cm³/mol. The molecule has 0 spiro atoms. The molecule has 8 heteroatoms. The molecule has 0 amide bonds. The molecule has 1 aliphatic heterocycles. The zero-order valence-corrected chi connectivity index (χ0v) is 17.6. The van der Waals surface area contributed by atoms with Crippen LogP contribution in [0.2, 0.25) is 0 Å². The third-order valence-electron chi connectivity index (χ3n) is 5.30. The molecule has 0 saturated carbocycles. The molecule has 8 nitrogen and oxygen atoms in total. The fourth-order valence-electron chi connectivity index (χ4n) is 3.71. The molecule has 0 unspecified atom stereocenters. The van der Waals surface area contributed by atoms with Crippen molar-refractivity contribution in [2.75, 3.05) is 27.9 Å². The standard InChI is InChI=1S/C21H29N3O5/c1-5-6-7-19-22-20(29-23-19)13-24-9-8-14-10-17(26-2)18(27-3)11-15(14)16(24)12-21(25)28-4/h10-11,16H,5-9,12-13H2,1-4H3/t16-/m1/s1. The number of unbranched alkanes of at least 4 members (excludes halogenated alkanes) is 1. The molecule has 0 radical (unpaired) electrons. The molecule has 1 aliphatic rings. The lowest BCUT2D eigenvalue weighted by Crippen LogP contribution is -2.36. The summed E-state index contributed by atoms with van der Waals surface area (Å²) < 4.78 is 21.3. The first kappa shape index (κ1) is 21.1. The van der Waals surface area contributed by atoms with Crippen molar-refractivity contribution in [2.45, 2.75) is 51.6 Å². The van der Waals surface area contributed by atoms with Gasteiger partial charge in [0.05, 0.1) is 34.3 Å². The Balaban J connectivity index is 1.87. The smallest absolute Gasteiger partial charge is 0.307 e. The number of fused-ring (bicyclic) bond motifs is 1. The second-order valence-electron chi connectivity index (χ2n) is 7.13. The Morgan fingerprint density at radius 3 is 2.69 bits per heavy atom. The lowest BCUT2D eigenvalue weighted by Gasteiger charge is -2.36. The highest BCUT2D eigenvalue weighted by Crippen LogP contribution is 2.40. The number of hydrogen-bond acceptors (Lipinski definition) is 8. The number of aryl methyl sites for hydroxylation is 1. The average molecular weight is 403 g/mol. The van der Waals surface area contributed by atoms with Crippen LogP contribution in [-0.4, -0.2) is 48.9 Å². The summed E-state index contributed by atoms with van der Waals surface area (Å²) in [6.07, 6.45) is 3.98. The first-order chi connectivity index (χ1) is 14.1. The second kappa shape index (κ2) is 9.73. The highest BCUT2D eigenvalue weighted by atomic mass is 16.5. The maximum atomic E-state index is 12.1. The normalized spacial score (nSPS) is 16.3. The third-order valence-corrected chi connectivity index (χ3v) is 5.30. The van der Waals surface area contributed by atoms with Crippen LogP contribution in [0.1, 0.15) is 55.1 Å². The van der Waals surface area contributed by atoms with Crippen molar-refractivity contribution in [3.05, 3.63) is 35.0 Å². The third kappa shape index (κ3) is 4.87. The van der Waals surface area contributed by atoms with Crippen molar-refractivity contribution in [1.82, 2.24) is 15.0 Å². The quantitative estimate of drug-likeness (QED) is 0.591. The largest absolute Gasteiger partial charge is 0.493 e. The van der Waals surface area contributed by atoms with Crippen LogP contribution in [0.4, 0.5) is 0 Å². The Morgan fingerprint density at radius 2 is 2.00 bits per heavy atom. The van der Waals surface area contributed by atoms with Crippen LogP contribution < -0.4 is 9.47 Å². The van der Waals surface area contributed by atoms with Gasteiger partial charge in [0.2, 0.25) is 5.89 Å². The average Bonchev–Trinajstić information content (AvgIpc) is 3.19. The summed E-state index contributed by atoms with van der Waals surface area (Å²) in [5.41, 5.74) is 2.17. The topological polar surface area (TPSA) is 86.9 Å². The van der Waals surface area contributed by atoms with Crippen LogP contribution >= 0.6 is 0 Å². The lowest BCUT2D eigenvalue weighted by molar-refractivity contribution is -0.142. The predicted octanol–water partition coefficient (Wildman–Crippen LogP) is 3.09. The van der Waals surface area contributed by atoms with Crippen LogP contribution in [0, 0.1) is 0 Å². The highest BCUT2D eigenvalue weighted by molar-refractivity contribution is 5.70. The van der Waals surface area contributed by atoms with Gasteiger partial charge in [-0.2, -0.15) is 4.98 Å². The summed E-state index contributed by atoms with van der Waals surface area (Å²) in [5.74, 6) is 2.36. The minimum atomic E-state index is -0.267. The van der Waals surface area contributed by atoms with Crippen molar-refractivity contribution in [1.29, 1.82) is 0 Å². The molecular weight excluding hydrogens is 374 g/mol. The fraction of sp³-hybridized carbons (Fsp3) is 0.571. The Labute approximate surface area is 171 Å². The van der Waals surface area contributed by atoms with E-state index in [0.29, 0.717) is 23.9 Å². The molecule has 0 aliphatic carbocycles. The minimum Gasteiger partial charge on any atom is -0.493 e. The molecule has 0 fully saturated rings. The fourth-order valence-corrected chi connectivity index (χ4v) is 3.71. The maximum absolute atomic E-state index is 12.1. The Bertz CT molecular complexity index is 836. The number of hydrogen-bond donors (Lipinski definition) is 0. The summed E-state index contributed by atoms with van der Waals surface area (Å²) in [6.45, 7) is 3.37. The maximum Gasteiger partial charge on any atom is 0.307 e. The van der Waals surface area contributed by atoms with Gasteiger partial charge >= 0.3 is 5.97 Å². The number of rotatable bonds is 9. The summed E-state index contributed by atoms with van der Waals surface area (Å²) in [4.78, 5) is 18.8. The van der Waals surface area contributed by atoms with Gasteiger partial charge in [0.15, 0.2) is 17.3 Å². The van der Waals surface area contributed by atoms with Gasteiger partial charge in [0.25, 0.3) is 0 Å². The van der Waals surface area contributed by atoms with Crippen molar-refractivity contribution < 1.29 is 23.5 Å². The summed E-state index contributed by atoms with van der Waals surface area (Å²) in [5, 5.41) is 4.07. The van der Waals surface area contributed by atoms with Gasteiger partial charge < -0.3 is 18.7 Å². The summed E-state index contributed by atoms with van der Waals surface area (Å²) >= 11 is 0.